The minimum absolute atomic E-state index is 0.0711. The van der Waals surface area contributed by atoms with Crippen LogP contribution in [0.5, 0.6) is 0 Å². The second kappa shape index (κ2) is 7.95. The van der Waals surface area contributed by atoms with E-state index in [2.05, 4.69) is 45.5 Å². The van der Waals surface area contributed by atoms with E-state index < -0.39 is 0 Å². The molecule has 4 heterocycles. The van der Waals surface area contributed by atoms with Gasteiger partial charge in [-0.3, -0.25) is 4.79 Å². The first-order valence-corrected chi connectivity index (χ1v) is 10.7. The van der Waals surface area contributed by atoms with Crippen molar-refractivity contribution in [3.63, 3.8) is 0 Å². The van der Waals surface area contributed by atoms with E-state index in [4.69, 9.17) is 4.74 Å². The van der Waals surface area contributed by atoms with Gasteiger partial charge in [0.15, 0.2) is 0 Å². The molecule has 0 saturated carbocycles. The molecule has 4 aliphatic heterocycles. The van der Waals surface area contributed by atoms with Crippen molar-refractivity contribution >= 4 is 17.3 Å². The summed E-state index contributed by atoms with van der Waals surface area (Å²) in [6, 6.07) is 8.69. The standard InChI is InChI=1S/C23H28N4O2/c28-23(26-10-2-1-3-11-26)19-6-9-22-24-16-21(27(22)17-19)18-4-7-20(8-5-18)25-12-14-29-15-13-25/h4-9,16-17,22,24H,1-3,10-15H2. The van der Waals surface area contributed by atoms with Crippen molar-refractivity contribution in [2.24, 2.45) is 0 Å². The molecule has 6 heteroatoms. The monoisotopic (exact) mass is 392 g/mol. The zero-order valence-corrected chi connectivity index (χ0v) is 16.7. The van der Waals surface area contributed by atoms with E-state index in [1.165, 1.54) is 12.1 Å². The molecule has 1 atom stereocenters. The lowest BCUT2D eigenvalue weighted by Crippen LogP contribution is -2.39. The van der Waals surface area contributed by atoms with Gasteiger partial charge in [0.1, 0.15) is 6.17 Å². The predicted molar refractivity (Wildman–Crippen MR) is 114 cm³/mol. The predicted octanol–water partition coefficient (Wildman–Crippen LogP) is 2.52. The Kier molecular flexibility index (Phi) is 5.02. The van der Waals surface area contributed by atoms with Crippen molar-refractivity contribution in [1.29, 1.82) is 0 Å². The third kappa shape index (κ3) is 3.65. The molecule has 4 aliphatic rings. The minimum atomic E-state index is 0.0711. The van der Waals surface area contributed by atoms with Gasteiger partial charge in [-0.2, -0.15) is 0 Å². The fourth-order valence-electron chi connectivity index (χ4n) is 4.46. The van der Waals surface area contributed by atoms with Gasteiger partial charge in [0.2, 0.25) is 0 Å². The summed E-state index contributed by atoms with van der Waals surface area (Å²) in [5.41, 5.74) is 4.24. The van der Waals surface area contributed by atoms with Crippen LogP contribution in [0, 0.1) is 0 Å². The van der Waals surface area contributed by atoms with Crippen LogP contribution in [0.4, 0.5) is 5.69 Å². The van der Waals surface area contributed by atoms with Crippen LogP contribution in [-0.2, 0) is 9.53 Å². The number of carbonyl (C=O) groups is 1. The molecule has 1 amide bonds. The van der Waals surface area contributed by atoms with Crippen molar-refractivity contribution in [1.82, 2.24) is 15.1 Å². The van der Waals surface area contributed by atoms with Crippen LogP contribution in [0.25, 0.3) is 5.70 Å². The fraction of sp³-hybridized carbons (Fsp3) is 0.435. The number of morpholine rings is 1. The summed E-state index contributed by atoms with van der Waals surface area (Å²) in [5.74, 6) is 0.147. The largest absolute Gasteiger partial charge is 0.378 e. The van der Waals surface area contributed by atoms with Gasteiger partial charge in [-0.05, 0) is 49.1 Å². The molecule has 0 aliphatic carbocycles. The Morgan fingerprint density at radius 3 is 2.52 bits per heavy atom. The first-order chi connectivity index (χ1) is 14.3. The second-order valence-electron chi connectivity index (χ2n) is 7.99. The molecule has 1 unspecified atom stereocenters. The summed E-state index contributed by atoms with van der Waals surface area (Å²) in [6.45, 7) is 5.20. The summed E-state index contributed by atoms with van der Waals surface area (Å²) in [5, 5.41) is 3.40. The van der Waals surface area contributed by atoms with Crippen molar-refractivity contribution in [2.75, 3.05) is 44.3 Å². The minimum Gasteiger partial charge on any atom is -0.378 e. The Morgan fingerprint density at radius 1 is 1.00 bits per heavy atom. The molecule has 5 rings (SSSR count). The van der Waals surface area contributed by atoms with Crippen molar-refractivity contribution in [2.45, 2.75) is 25.4 Å². The van der Waals surface area contributed by atoms with E-state index in [1.807, 2.05) is 23.4 Å². The number of fused-ring (bicyclic) bond motifs is 1. The summed E-state index contributed by atoms with van der Waals surface area (Å²) in [7, 11) is 0. The number of ether oxygens (including phenoxy) is 1. The Labute approximate surface area is 172 Å². The average Bonchev–Trinajstić information content (AvgIpc) is 3.23. The highest BCUT2D eigenvalue weighted by atomic mass is 16.5. The average molecular weight is 393 g/mol. The molecule has 0 spiro atoms. The number of carbonyl (C=O) groups excluding carboxylic acids is 1. The normalized spacial score (nSPS) is 24.0. The number of hydrogen-bond donors (Lipinski definition) is 1. The van der Waals surface area contributed by atoms with E-state index in [1.54, 1.807) is 0 Å². The summed E-state index contributed by atoms with van der Waals surface area (Å²) in [6.07, 6.45) is 11.6. The lowest BCUT2D eigenvalue weighted by atomic mass is 10.1. The molecule has 1 N–H and O–H groups in total. The number of nitrogens with one attached hydrogen (secondary N) is 1. The Bertz CT molecular complexity index is 846. The quantitative estimate of drug-likeness (QED) is 0.857. The third-order valence-electron chi connectivity index (χ3n) is 6.13. The number of amides is 1. The molecule has 2 fully saturated rings. The smallest absolute Gasteiger partial charge is 0.255 e. The van der Waals surface area contributed by atoms with Crippen molar-refractivity contribution < 1.29 is 9.53 Å². The maximum absolute atomic E-state index is 12.9. The van der Waals surface area contributed by atoms with Crippen LogP contribution in [0.1, 0.15) is 24.8 Å². The number of nitrogens with zero attached hydrogens (tertiary/aromatic N) is 3. The number of piperidine rings is 1. The fourth-order valence-corrected chi connectivity index (χ4v) is 4.46. The van der Waals surface area contributed by atoms with Crippen LogP contribution in [-0.4, -0.2) is 61.3 Å². The molecular formula is C23H28N4O2. The highest BCUT2D eigenvalue weighted by Gasteiger charge is 2.29. The molecule has 152 valence electrons. The molecule has 1 aromatic rings. The van der Waals surface area contributed by atoms with Gasteiger partial charge < -0.3 is 24.8 Å². The first-order valence-electron chi connectivity index (χ1n) is 10.7. The van der Waals surface area contributed by atoms with Gasteiger partial charge in [-0.15, -0.1) is 0 Å². The molecule has 0 radical (unpaired) electrons. The van der Waals surface area contributed by atoms with E-state index in [0.717, 1.165) is 69.1 Å². The van der Waals surface area contributed by atoms with Crippen LogP contribution >= 0.6 is 0 Å². The highest BCUT2D eigenvalue weighted by Crippen LogP contribution is 2.31. The van der Waals surface area contributed by atoms with E-state index >= 15 is 0 Å². The Hall–Kier alpha value is -2.73. The molecule has 0 bridgehead atoms. The molecule has 29 heavy (non-hydrogen) atoms. The first kappa shape index (κ1) is 18.3. The zero-order valence-electron chi connectivity index (χ0n) is 16.7. The van der Waals surface area contributed by atoms with E-state index in [0.29, 0.717) is 0 Å². The van der Waals surface area contributed by atoms with E-state index in [-0.39, 0.29) is 12.1 Å². The molecule has 2 saturated heterocycles. The maximum atomic E-state index is 12.9. The van der Waals surface area contributed by atoms with Crippen LogP contribution in [0.2, 0.25) is 0 Å². The van der Waals surface area contributed by atoms with Crippen LogP contribution < -0.4 is 10.2 Å². The highest BCUT2D eigenvalue weighted by molar-refractivity contribution is 5.96. The number of benzene rings is 1. The lowest BCUT2D eigenvalue weighted by molar-refractivity contribution is -0.127. The Balaban J connectivity index is 1.33. The third-order valence-corrected chi connectivity index (χ3v) is 6.13. The molecule has 6 nitrogen and oxygen atoms in total. The van der Waals surface area contributed by atoms with Crippen LogP contribution in [0.15, 0.2) is 54.4 Å². The SMILES string of the molecule is O=C(C1=CN2C(c3ccc(N4CCOCC4)cc3)=CNC2C=C1)N1CCCCC1. The molecule has 0 aromatic heterocycles. The number of hydrogen-bond acceptors (Lipinski definition) is 5. The number of likely N-dealkylation sites (tertiary alicyclic amines) is 1. The Morgan fingerprint density at radius 2 is 1.76 bits per heavy atom. The van der Waals surface area contributed by atoms with Crippen molar-refractivity contribution in [3.05, 3.63) is 60.0 Å². The van der Waals surface area contributed by atoms with Gasteiger partial charge in [-0.25, -0.2) is 0 Å². The number of rotatable bonds is 3. The van der Waals surface area contributed by atoms with Crippen LogP contribution in [0.3, 0.4) is 0 Å². The maximum Gasteiger partial charge on any atom is 0.255 e. The van der Waals surface area contributed by atoms with Gasteiger partial charge in [0.25, 0.3) is 5.91 Å². The summed E-state index contributed by atoms with van der Waals surface area (Å²) >= 11 is 0. The summed E-state index contributed by atoms with van der Waals surface area (Å²) in [4.78, 5) is 19.4. The second-order valence-corrected chi connectivity index (χ2v) is 7.99. The lowest BCUT2D eigenvalue weighted by Gasteiger charge is -2.31. The van der Waals surface area contributed by atoms with Gasteiger partial charge in [0.05, 0.1) is 24.5 Å². The van der Waals surface area contributed by atoms with Gasteiger partial charge in [-0.1, -0.05) is 12.1 Å². The zero-order chi connectivity index (χ0) is 19.6. The van der Waals surface area contributed by atoms with Crippen molar-refractivity contribution in [3.8, 4) is 0 Å². The molecule has 1 aromatic carbocycles. The van der Waals surface area contributed by atoms with Gasteiger partial charge >= 0.3 is 0 Å². The van der Waals surface area contributed by atoms with E-state index in [9.17, 15) is 4.79 Å². The van der Waals surface area contributed by atoms with Gasteiger partial charge in [0, 0.05) is 44.3 Å². The topological polar surface area (TPSA) is 48.1 Å². The number of anilines is 1. The summed E-state index contributed by atoms with van der Waals surface area (Å²) < 4.78 is 5.45. The molecular weight excluding hydrogens is 364 g/mol.